The van der Waals surface area contributed by atoms with Crippen LogP contribution in [0.2, 0.25) is 0 Å². The van der Waals surface area contributed by atoms with Gasteiger partial charge in [-0.15, -0.1) is 0 Å². The highest BCUT2D eigenvalue weighted by molar-refractivity contribution is 5.82. The largest absolute Gasteiger partial charge is 0.401 e. The van der Waals surface area contributed by atoms with Gasteiger partial charge < -0.3 is 4.90 Å². The van der Waals surface area contributed by atoms with E-state index >= 15 is 0 Å². The van der Waals surface area contributed by atoms with Crippen LogP contribution in [0.3, 0.4) is 0 Å². The minimum Gasteiger partial charge on any atom is -0.333 e. The number of H-pyrrole nitrogens is 1. The van der Waals surface area contributed by atoms with E-state index in [-0.39, 0.29) is 11.9 Å². The maximum absolute atomic E-state index is 12.5. The molecule has 2 unspecified atom stereocenters. The minimum atomic E-state index is -4.31. The van der Waals surface area contributed by atoms with Crippen molar-refractivity contribution in [2.24, 2.45) is 0 Å². The Balaban J connectivity index is 2.04. The number of hydrogen-bond acceptors (Lipinski definition) is 3. The predicted molar refractivity (Wildman–Crippen MR) is 70.4 cm³/mol. The molecule has 21 heavy (non-hydrogen) atoms. The summed E-state index contributed by atoms with van der Waals surface area (Å²) in [4.78, 5) is 15.1. The molecule has 1 aromatic rings. The Bertz CT molecular complexity index is 474. The molecule has 1 fully saturated rings. The lowest BCUT2D eigenvalue weighted by Gasteiger charge is -2.31. The standard InChI is InChI=1S/C13H19F3N4O/c1-9(19(2)8-13(14,15)16)12(21)20-7-3-4-11(20)10-5-6-17-18-10/h5-6,9,11H,3-4,7-8H2,1-2H3,(H,17,18). The number of alkyl halides is 3. The average molecular weight is 304 g/mol. The van der Waals surface area contributed by atoms with Crippen LogP contribution in [0, 0.1) is 0 Å². The predicted octanol–water partition coefficient (Wildman–Crippen LogP) is 1.96. The monoisotopic (exact) mass is 304 g/mol. The van der Waals surface area contributed by atoms with E-state index in [1.54, 1.807) is 17.2 Å². The van der Waals surface area contributed by atoms with E-state index in [0.717, 1.165) is 23.4 Å². The van der Waals surface area contributed by atoms with Gasteiger partial charge in [-0.3, -0.25) is 14.8 Å². The highest BCUT2D eigenvalue weighted by Gasteiger charge is 2.37. The number of aromatic amines is 1. The van der Waals surface area contributed by atoms with Crippen molar-refractivity contribution in [2.45, 2.75) is 38.0 Å². The van der Waals surface area contributed by atoms with Crippen molar-refractivity contribution in [1.82, 2.24) is 20.0 Å². The number of nitrogens with zero attached hydrogens (tertiary/aromatic N) is 3. The second-order valence-corrected chi connectivity index (χ2v) is 5.41. The van der Waals surface area contributed by atoms with Gasteiger partial charge in [0.25, 0.3) is 0 Å². The number of nitrogens with one attached hydrogen (secondary N) is 1. The third-order valence-corrected chi connectivity index (χ3v) is 3.86. The van der Waals surface area contributed by atoms with Crippen LogP contribution in [0.5, 0.6) is 0 Å². The van der Waals surface area contributed by atoms with Gasteiger partial charge >= 0.3 is 6.18 Å². The van der Waals surface area contributed by atoms with E-state index in [1.807, 2.05) is 0 Å². The first-order valence-corrected chi connectivity index (χ1v) is 6.86. The van der Waals surface area contributed by atoms with Gasteiger partial charge in [-0.2, -0.15) is 18.3 Å². The highest BCUT2D eigenvalue weighted by atomic mass is 19.4. The van der Waals surface area contributed by atoms with Crippen molar-refractivity contribution in [3.05, 3.63) is 18.0 Å². The molecular formula is C13H19F3N4O. The summed E-state index contributed by atoms with van der Waals surface area (Å²) in [5.41, 5.74) is 0.825. The zero-order chi connectivity index (χ0) is 15.6. The molecule has 1 aromatic heterocycles. The van der Waals surface area contributed by atoms with E-state index < -0.39 is 18.8 Å². The molecule has 0 aliphatic carbocycles. The second-order valence-electron chi connectivity index (χ2n) is 5.41. The summed E-state index contributed by atoms with van der Waals surface area (Å²) in [5, 5.41) is 6.70. The van der Waals surface area contributed by atoms with Crippen LogP contribution in [0.15, 0.2) is 12.3 Å². The van der Waals surface area contributed by atoms with Gasteiger partial charge in [0.15, 0.2) is 0 Å². The topological polar surface area (TPSA) is 52.2 Å². The van der Waals surface area contributed by atoms with Crippen molar-refractivity contribution in [1.29, 1.82) is 0 Å². The van der Waals surface area contributed by atoms with E-state index in [4.69, 9.17) is 0 Å². The molecule has 1 aliphatic heterocycles. The molecule has 2 heterocycles. The molecule has 1 aliphatic rings. The van der Waals surface area contributed by atoms with E-state index in [2.05, 4.69) is 10.2 Å². The first-order valence-electron chi connectivity index (χ1n) is 6.86. The maximum atomic E-state index is 12.5. The molecule has 1 saturated heterocycles. The molecule has 0 radical (unpaired) electrons. The quantitative estimate of drug-likeness (QED) is 0.925. The molecule has 8 heteroatoms. The normalized spacial score (nSPS) is 21.0. The van der Waals surface area contributed by atoms with Crippen LogP contribution < -0.4 is 0 Å². The number of rotatable bonds is 4. The summed E-state index contributed by atoms with van der Waals surface area (Å²) in [6, 6.07) is 0.859. The number of carbonyl (C=O) groups excluding carboxylic acids is 1. The Morgan fingerprint density at radius 1 is 1.62 bits per heavy atom. The van der Waals surface area contributed by atoms with Gasteiger partial charge in [0.2, 0.25) is 5.91 Å². The first-order chi connectivity index (χ1) is 9.79. The fourth-order valence-electron chi connectivity index (χ4n) is 2.65. The van der Waals surface area contributed by atoms with Gasteiger partial charge in [-0.1, -0.05) is 0 Å². The fraction of sp³-hybridized carbons (Fsp3) is 0.692. The third kappa shape index (κ3) is 3.75. The molecular weight excluding hydrogens is 285 g/mol. The van der Waals surface area contributed by atoms with Crippen molar-refractivity contribution >= 4 is 5.91 Å². The van der Waals surface area contributed by atoms with Crippen molar-refractivity contribution in [3.63, 3.8) is 0 Å². The summed E-state index contributed by atoms with van der Waals surface area (Å²) >= 11 is 0. The average Bonchev–Trinajstić information content (AvgIpc) is 3.04. The van der Waals surface area contributed by atoms with E-state index in [0.29, 0.717) is 6.54 Å². The van der Waals surface area contributed by atoms with Crippen LogP contribution in [0.4, 0.5) is 13.2 Å². The lowest BCUT2D eigenvalue weighted by atomic mass is 10.1. The summed E-state index contributed by atoms with van der Waals surface area (Å²) < 4.78 is 37.3. The molecule has 2 atom stereocenters. The van der Waals surface area contributed by atoms with Gasteiger partial charge in [0.05, 0.1) is 24.3 Å². The molecule has 118 valence electrons. The zero-order valence-electron chi connectivity index (χ0n) is 12.0. The second kappa shape index (κ2) is 6.05. The van der Waals surface area contributed by atoms with Crippen molar-refractivity contribution < 1.29 is 18.0 Å². The Labute approximate surface area is 121 Å². The summed E-state index contributed by atoms with van der Waals surface area (Å²) in [6.45, 7) is 0.978. The van der Waals surface area contributed by atoms with Crippen LogP contribution in [0.1, 0.15) is 31.5 Å². The fourth-order valence-corrected chi connectivity index (χ4v) is 2.65. The van der Waals surface area contributed by atoms with Crippen LogP contribution in [-0.2, 0) is 4.79 Å². The number of halogens is 3. The van der Waals surface area contributed by atoms with Gasteiger partial charge in [-0.25, -0.2) is 0 Å². The lowest BCUT2D eigenvalue weighted by Crippen LogP contribution is -2.48. The third-order valence-electron chi connectivity index (χ3n) is 3.86. The molecule has 2 rings (SSSR count). The Morgan fingerprint density at radius 2 is 2.33 bits per heavy atom. The van der Waals surface area contributed by atoms with Crippen LogP contribution >= 0.6 is 0 Å². The number of carbonyl (C=O) groups is 1. The Morgan fingerprint density at radius 3 is 2.90 bits per heavy atom. The van der Waals surface area contributed by atoms with Crippen LogP contribution in [-0.4, -0.2) is 58.3 Å². The zero-order valence-corrected chi connectivity index (χ0v) is 12.0. The molecule has 5 nitrogen and oxygen atoms in total. The Hall–Kier alpha value is -1.57. The molecule has 0 saturated carbocycles. The lowest BCUT2D eigenvalue weighted by molar-refractivity contribution is -0.155. The van der Waals surface area contributed by atoms with Gasteiger partial charge in [0.1, 0.15) is 0 Å². The number of aromatic nitrogens is 2. The van der Waals surface area contributed by atoms with Crippen molar-refractivity contribution in [2.75, 3.05) is 20.1 Å². The highest BCUT2D eigenvalue weighted by Crippen LogP contribution is 2.31. The molecule has 1 amide bonds. The molecule has 1 N–H and O–H groups in total. The Kier molecular flexibility index (Phi) is 4.55. The SMILES string of the molecule is CC(C(=O)N1CCCC1c1ccn[nH]1)N(C)CC(F)(F)F. The number of amides is 1. The summed E-state index contributed by atoms with van der Waals surface area (Å²) in [6.07, 6.45) is -1.07. The summed E-state index contributed by atoms with van der Waals surface area (Å²) in [7, 11) is 1.32. The molecule has 0 spiro atoms. The maximum Gasteiger partial charge on any atom is 0.401 e. The van der Waals surface area contributed by atoms with Gasteiger partial charge in [-0.05, 0) is 32.9 Å². The first kappa shape index (κ1) is 15.8. The van der Waals surface area contributed by atoms with E-state index in [9.17, 15) is 18.0 Å². The van der Waals surface area contributed by atoms with Crippen molar-refractivity contribution in [3.8, 4) is 0 Å². The summed E-state index contributed by atoms with van der Waals surface area (Å²) in [5.74, 6) is -0.279. The number of likely N-dealkylation sites (N-methyl/N-ethyl adjacent to an activating group) is 1. The minimum absolute atomic E-state index is 0.123. The number of likely N-dealkylation sites (tertiary alicyclic amines) is 1. The van der Waals surface area contributed by atoms with Gasteiger partial charge in [0, 0.05) is 12.7 Å². The van der Waals surface area contributed by atoms with Crippen LogP contribution in [0.25, 0.3) is 0 Å². The molecule has 0 bridgehead atoms. The molecule has 0 aromatic carbocycles. The number of hydrogen-bond donors (Lipinski definition) is 1. The smallest absolute Gasteiger partial charge is 0.333 e. The van der Waals surface area contributed by atoms with E-state index in [1.165, 1.54) is 14.0 Å².